The minimum absolute atomic E-state index is 0.367. The number of carbonyl (C=O) groups is 2. The molecule has 8 heteroatoms. The van der Waals surface area contributed by atoms with Crippen LogP contribution in [-0.4, -0.2) is 44.8 Å². The van der Waals surface area contributed by atoms with Crippen molar-refractivity contribution in [2.75, 3.05) is 12.0 Å². The van der Waals surface area contributed by atoms with E-state index in [1.165, 1.54) is 0 Å². The SMILES string of the molecule is CSCC[C@H](NC(=O)c1cccc2[nH]c(-c3ccncc3)nc12)C(N)=O. The van der Waals surface area contributed by atoms with Gasteiger partial charge < -0.3 is 16.0 Å². The Morgan fingerprint density at radius 2 is 2.04 bits per heavy atom. The van der Waals surface area contributed by atoms with E-state index in [1.54, 1.807) is 36.3 Å². The topological polar surface area (TPSA) is 114 Å². The fourth-order valence-corrected chi connectivity index (χ4v) is 3.09. The van der Waals surface area contributed by atoms with E-state index in [1.807, 2.05) is 24.5 Å². The van der Waals surface area contributed by atoms with E-state index in [9.17, 15) is 9.59 Å². The number of aromatic nitrogens is 3. The van der Waals surface area contributed by atoms with Crippen LogP contribution in [0.3, 0.4) is 0 Å². The summed E-state index contributed by atoms with van der Waals surface area (Å²) in [5.74, 6) is 0.469. The number of nitrogens with one attached hydrogen (secondary N) is 2. The predicted octanol–water partition coefficient (Wildman–Crippen LogP) is 1.96. The zero-order valence-electron chi connectivity index (χ0n) is 14.2. The molecule has 0 aliphatic heterocycles. The largest absolute Gasteiger partial charge is 0.368 e. The highest BCUT2D eigenvalue weighted by molar-refractivity contribution is 7.98. The molecule has 7 nitrogen and oxygen atoms in total. The average Bonchev–Trinajstić information content (AvgIpc) is 3.09. The Morgan fingerprint density at radius 1 is 1.27 bits per heavy atom. The molecule has 0 saturated carbocycles. The molecule has 1 aromatic carbocycles. The summed E-state index contributed by atoms with van der Waals surface area (Å²) >= 11 is 1.59. The molecule has 0 bridgehead atoms. The number of pyridine rings is 1. The van der Waals surface area contributed by atoms with Crippen LogP contribution in [0.25, 0.3) is 22.4 Å². The summed E-state index contributed by atoms with van der Waals surface area (Å²) in [6, 6.07) is 8.27. The molecular weight excluding hydrogens is 350 g/mol. The van der Waals surface area contributed by atoms with E-state index in [0.29, 0.717) is 23.3 Å². The quantitative estimate of drug-likeness (QED) is 0.589. The van der Waals surface area contributed by atoms with Crippen LogP contribution in [0.4, 0.5) is 0 Å². The number of benzene rings is 1. The Kier molecular flexibility index (Phi) is 5.52. The van der Waals surface area contributed by atoms with Crippen LogP contribution >= 0.6 is 11.8 Å². The summed E-state index contributed by atoms with van der Waals surface area (Å²) in [6.07, 6.45) is 5.78. The van der Waals surface area contributed by atoms with Crippen LogP contribution in [-0.2, 0) is 4.79 Å². The zero-order chi connectivity index (χ0) is 18.5. The van der Waals surface area contributed by atoms with Crippen LogP contribution in [0.15, 0.2) is 42.7 Å². The van der Waals surface area contributed by atoms with Crippen molar-refractivity contribution in [2.45, 2.75) is 12.5 Å². The minimum Gasteiger partial charge on any atom is -0.368 e. The highest BCUT2D eigenvalue weighted by atomic mass is 32.2. The zero-order valence-corrected chi connectivity index (χ0v) is 15.0. The molecule has 26 heavy (non-hydrogen) atoms. The van der Waals surface area contributed by atoms with Crippen LogP contribution in [0.2, 0.25) is 0 Å². The van der Waals surface area contributed by atoms with Crippen molar-refractivity contribution in [2.24, 2.45) is 5.73 Å². The van der Waals surface area contributed by atoms with Crippen molar-refractivity contribution in [3.05, 3.63) is 48.3 Å². The summed E-state index contributed by atoms with van der Waals surface area (Å²) in [4.78, 5) is 36.0. The number of rotatable bonds is 7. The van der Waals surface area contributed by atoms with Gasteiger partial charge in [-0.1, -0.05) is 6.07 Å². The summed E-state index contributed by atoms with van der Waals surface area (Å²) in [5.41, 5.74) is 7.96. The lowest BCUT2D eigenvalue weighted by molar-refractivity contribution is -0.119. The molecule has 0 saturated heterocycles. The van der Waals surface area contributed by atoms with Gasteiger partial charge in [0, 0.05) is 18.0 Å². The molecule has 2 heterocycles. The Morgan fingerprint density at radius 3 is 2.73 bits per heavy atom. The van der Waals surface area contributed by atoms with Gasteiger partial charge in [0.15, 0.2) is 0 Å². The first-order valence-corrected chi connectivity index (χ1v) is 9.47. The molecule has 0 aliphatic carbocycles. The van der Waals surface area contributed by atoms with Crippen LogP contribution in [0.5, 0.6) is 0 Å². The summed E-state index contributed by atoms with van der Waals surface area (Å²) in [6.45, 7) is 0. The lowest BCUT2D eigenvalue weighted by atomic mass is 10.1. The number of primary amides is 1. The maximum atomic E-state index is 12.7. The van der Waals surface area contributed by atoms with Gasteiger partial charge in [-0.2, -0.15) is 11.8 Å². The van der Waals surface area contributed by atoms with Crippen LogP contribution in [0.1, 0.15) is 16.8 Å². The first-order valence-electron chi connectivity index (χ1n) is 8.08. The molecule has 0 radical (unpaired) electrons. The van der Waals surface area contributed by atoms with E-state index < -0.39 is 11.9 Å². The molecule has 3 rings (SSSR count). The molecular formula is C18H19N5O2S. The third-order valence-corrected chi connectivity index (χ3v) is 4.61. The number of thioether (sulfide) groups is 1. The number of hydrogen-bond donors (Lipinski definition) is 3. The van der Waals surface area contributed by atoms with Crippen molar-refractivity contribution < 1.29 is 9.59 Å². The summed E-state index contributed by atoms with van der Waals surface area (Å²) in [5, 5.41) is 2.72. The lowest BCUT2D eigenvalue weighted by Gasteiger charge is -2.15. The van der Waals surface area contributed by atoms with Gasteiger partial charge in [-0.25, -0.2) is 4.98 Å². The van der Waals surface area contributed by atoms with E-state index in [-0.39, 0.29) is 5.91 Å². The van der Waals surface area contributed by atoms with Gasteiger partial charge in [-0.3, -0.25) is 14.6 Å². The number of nitrogens with zero attached hydrogens (tertiary/aromatic N) is 2. The van der Waals surface area contributed by atoms with Crippen molar-refractivity contribution in [1.82, 2.24) is 20.3 Å². The number of fused-ring (bicyclic) bond motifs is 1. The molecule has 3 aromatic rings. The van der Waals surface area contributed by atoms with Gasteiger partial charge in [-0.05, 0) is 42.7 Å². The third-order valence-electron chi connectivity index (χ3n) is 3.97. The minimum atomic E-state index is -0.705. The Bertz CT molecular complexity index is 926. The number of nitrogens with two attached hydrogens (primary N) is 1. The van der Waals surface area contributed by atoms with Gasteiger partial charge in [-0.15, -0.1) is 0 Å². The molecule has 0 spiro atoms. The first-order chi connectivity index (χ1) is 12.6. The van der Waals surface area contributed by atoms with Gasteiger partial charge in [0.25, 0.3) is 5.91 Å². The van der Waals surface area contributed by atoms with Crippen molar-refractivity contribution in [3.63, 3.8) is 0 Å². The van der Waals surface area contributed by atoms with E-state index in [4.69, 9.17) is 5.73 Å². The second-order valence-electron chi connectivity index (χ2n) is 5.73. The number of aromatic amines is 1. The maximum Gasteiger partial charge on any atom is 0.254 e. The summed E-state index contributed by atoms with van der Waals surface area (Å²) < 4.78 is 0. The molecule has 134 valence electrons. The van der Waals surface area contributed by atoms with Crippen molar-refractivity contribution in [1.29, 1.82) is 0 Å². The monoisotopic (exact) mass is 369 g/mol. The van der Waals surface area contributed by atoms with Crippen LogP contribution < -0.4 is 11.1 Å². The standard InChI is InChI=1S/C18H19N5O2S/c1-26-10-7-14(16(19)24)22-18(25)12-3-2-4-13-15(12)23-17(21-13)11-5-8-20-9-6-11/h2-6,8-9,14H,7,10H2,1H3,(H2,19,24)(H,21,23)(H,22,25)/t14-/m0/s1. The van der Waals surface area contributed by atoms with Gasteiger partial charge >= 0.3 is 0 Å². The van der Waals surface area contributed by atoms with Gasteiger partial charge in [0.05, 0.1) is 11.1 Å². The first kappa shape index (κ1) is 17.9. The molecule has 4 N–H and O–H groups in total. The highest BCUT2D eigenvalue weighted by Gasteiger charge is 2.21. The third kappa shape index (κ3) is 3.85. The second kappa shape index (κ2) is 8.01. The number of hydrogen-bond acceptors (Lipinski definition) is 5. The smallest absolute Gasteiger partial charge is 0.254 e. The van der Waals surface area contributed by atoms with Gasteiger partial charge in [0.2, 0.25) is 5.91 Å². The fraction of sp³-hybridized carbons (Fsp3) is 0.222. The van der Waals surface area contributed by atoms with E-state index in [2.05, 4.69) is 20.3 Å². The predicted molar refractivity (Wildman–Crippen MR) is 103 cm³/mol. The van der Waals surface area contributed by atoms with Gasteiger partial charge in [0.1, 0.15) is 17.4 Å². The molecule has 0 unspecified atom stereocenters. The normalized spacial score (nSPS) is 12.0. The Hall–Kier alpha value is -2.87. The number of para-hydroxylation sites is 1. The maximum absolute atomic E-state index is 12.7. The highest BCUT2D eigenvalue weighted by Crippen LogP contribution is 2.22. The molecule has 1 atom stereocenters. The number of H-pyrrole nitrogens is 1. The Labute approximate surface area is 154 Å². The second-order valence-corrected chi connectivity index (χ2v) is 6.72. The van der Waals surface area contributed by atoms with Crippen molar-refractivity contribution in [3.8, 4) is 11.4 Å². The lowest BCUT2D eigenvalue weighted by Crippen LogP contribution is -2.44. The number of imidazole rings is 1. The molecule has 0 aliphatic rings. The van der Waals surface area contributed by atoms with Crippen molar-refractivity contribution >= 4 is 34.6 Å². The average molecular weight is 369 g/mol. The molecule has 0 fully saturated rings. The van der Waals surface area contributed by atoms with Crippen LogP contribution in [0, 0.1) is 0 Å². The van der Waals surface area contributed by atoms with E-state index in [0.717, 1.165) is 16.8 Å². The fourth-order valence-electron chi connectivity index (χ4n) is 2.62. The number of amides is 2. The summed E-state index contributed by atoms with van der Waals surface area (Å²) in [7, 11) is 0. The number of carbonyl (C=O) groups excluding carboxylic acids is 2. The molecule has 2 amide bonds. The molecule has 2 aromatic heterocycles. The van der Waals surface area contributed by atoms with E-state index >= 15 is 0 Å². The Balaban J connectivity index is 1.91.